The normalized spacial score (nSPS) is 11.0. The molecule has 0 aromatic carbocycles. The molecule has 0 saturated heterocycles. The lowest BCUT2D eigenvalue weighted by Gasteiger charge is -2.12. The molecular weight excluding hydrogens is 316 g/mol. The summed E-state index contributed by atoms with van der Waals surface area (Å²) in [6, 6.07) is 0. The SMILES string of the molecule is Cc1c[n+]([O-])c(SSc2c(C)c(C)c(C)c[n+]2[O-])c(C)c1C. The maximum absolute atomic E-state index is 12.1. The molecule has 118 valence electrons. The molecule has 0 radical (unpaired) electrons. The van der Waals surface area contributed by atoms with Gasteiger partial charge in [0, 0.05) is 43.8 Å². The molecule has 0 aliphatic rings. The molecule has 4 nitrogen and oxygen atoms in total. The highest BCUT2D eigenvalue weighted by molar-refractivity contribution is 8.76. The van der Waals surface area contributed by atoms with E-state index < -0.39 is 0 Å². The van der Waals surface area contributed by atoms with Gasteiger partial charge in [0.05, 0.1) is 0 Å². The van der Waals surface area contributed by atoms with E-state index in [1.54, 1.807) is 12.4 Å². The second kappa shape index (κ2) is 6.38. The van der Waals surface area contributed by atoms with Gasteiger partial charge in [0.2, 0.25) is 0 Å². The van der Waals surface area contributed by atoms with Crippen LogP contribution in [-0.4, -0.2) is 0 Å². The Morgan fingerprint density at radius 2 is 0.955 bits per heavy atom. The molecule has 0 saturated carbocycles. The molecule has 2 rings (SSSR count). The Kier molecular flexibility index (Phi) is 4.92. The number of hydrogen-bond acceptors (Lipinski definition) is 4. The molecule has 2 aromatic heterocycles. The topological polar surface area (TPSA) is 53.9 Å². The highest BCUT2D eigenvalue weighted by Crippen LogP contribution is 2.38. The number of rotatable bonds is 3. The highest BCUT2D eigenvalue weighted by atomic mass is 33.1. The lowest BCUT2D eigenvalue weighted by molar-refractivity contribution is -0.647. The summed E-state index contributed by atoms with van der Waals surface area (Å²) in [5.41, 5.74) is 6.10. The number of aryl methyl sites for hydroxylation is 2. The van der Waals surface area contributed by atoms with E-state index in [0.717, 1.165) is 42.8 Å². The van der Waals surface area contributed by atoms with Crippen molar-refractivity contribution in [3.8, 4) is 0 Å². The van der Waals surface area contributed by atoms with Crippen LogP contribution in [0, 0.1) is 52.0 Å². The molecule has 0 bridgehead atoms. The first-order chi connectivity index (χ1) is 10.2. The van der Waals surface area contributed by atoms with E-state index in [0.29, 0.717) is 10.1 Å². The molecule has 0 atom stereocenters. The Balaban J connectivity index is 2.36. The van der Waals surface area contributed by atoms with Gasteiger partial charge in [-0.05, 0) is 52.7 Å². The van der Waals surface area contributed by atoms with Crippen molar-refractivity contribution in [3.05, 3.63) is 56.2 Å². The van der Waals surface area contributed by atoms with Gasteiger partial charge < -0.3 is 10.4 Å². The first kappa shape index (κ1) is 17.0. The average Bonchev–Trinajstić information content (AvgIpc) is 2.45. The summed E-state index contributed by atoms with van der Waals surface area (Å²) in [4.78, 5) is 0. The van der Waals surface area contributed by atoms with Crippen LogP contribution in [-0.2, 0) is 0 Å². The van der Waals surface area contributed by atoms with Crippen molar-refractivity contribution in [2.45, 2.75) is 51.6 Å². The predicted molar refractivity (Wildman–Crippen MR) is 90.9 cm³/mol. The van der Waals surface area contributed by atoms with E-state index >= 15 is 0 Å². The summed E-state index contributed by atoms with van der Waals surface area (Å²) < 4.78 is 1.78. The van der Waals surface area contributed by atoms with Crippen LogP contribution in [0.1, 0.15) is 33.4 Å². The van der Waals surface area contributed by atoms with Crippen molar-refractivity contribution in [2.24, 2.45) is 0 Å². The standard InChI is InChI=1S/C16H20N2O2S2/c1-9-7-17(19)15(13(5)11(9)3)21-22-16-14(6)12(4)10(2)8-18(16)20/h7-8H,1-6H3. The van der Waals surface area contributed by atoms with Gasteiger partial charge in [-0.15, -0.1) is 0 Å². The van der Waals surface area contributed by atoms with Gasteiger partial charge in [0.1, 0.15) is 0 Å². The van der Waals surface area contributed by atoms with Crippen LogP contribution in [0.4, 0.5) is 0 Å². The average molecular weight is 336 g/mol. The van der Waals surface area contributed by atoms with E-state index in [1.165, 1.54) is 21.6 Å². The van der Waals surface area contributed by atoms with Crippen LogP contribution < -0.4 is 9.46 Å². The Morgan fingerprint density at radius 1 is 0.636 bits per heavy atom. The molecule has 2 aromatic rings. The smallest absolute Gasteiger partial charge is 0.265 e. The predicted octanol–water partition coefficient (Wildman–Crippen LogP) is 3.60. The van der Waals surface area contributed by atoms with E-state index in [-0.39, 0.29) is 0 Å². The van der Waals surface area contributed by atoms with Gasteiger partial charge in [0.25, 0.3) is 10.1 Å². The van der Waals surface area contributed by atoms with Crippen LogP contribution in [0.3, 0.4) is 0 Å². The van der Waals surface area contributed by atoms with Crippen LogP contribution in [0.25, 0.3) is 0 Å². The molecule has 0 fully saturated rings. The third-order valence-electron chi connectivity index (χ3n) is 4.17. The van der Waals surface area contributed by atoms with E-state index in [1.807, 2.05) is 41.5 Å². The molecular formula is C16H20N2O2S2. The largest absolute Gasteiger partial charge is 0.618 e. The van der Waals surface area contributed by atoms with Crippen LogP contribution in [0.15, 0.2) is 22.4 Å². The first-order valence-corrected chi connectivity index (χ1v) is 9.13. The fraction of sp³-hybridized carbons (Fsp3) is 0.375. The Morgan fingerprint density at radius 3 is 1.27 bits per heavy atom. The van der Waals surface area contributed by atoms with Gasteiger partial charge in [-0.1, -0.05) is 0 Å². The van der Waals surface area contributed by atoms with Gasteiger partial charge in [-0.2, -0.15) is 9.46 Å². The lowest BCUT2D eigenvalue weighted by atomic mass is 10.1. The van der Waals surface area contributed by atoms with Crippen LogP contribution in [0.5, 0.6) is 0 Å². The molecule has 2 heterocycles. The highest BCUT2D eigenvalue weighted by Gasteiger charge is 2.21. The number of pyridine rings is 2. The first-order valence-electron chi connectivity index (χ1n) is 6.98. The van der Waals surface area contributed by atoms with Crippen LogP contribution in [0.2, 0.25) is 0 Å². The third-order valence-corrected chi connectivity index (χ3v) is 6.74. The zero-order chi connectivity index (χ0) is 16.6. The molecule has 0 unspecified atom stereocenters. The maximum Gasteiger partial charge on any atom is 0.265 e. The number of hydrogen-bond donors (Lipinski definition) is 0. The monoisotopic (exact) mass is 336 g/mol. The molecule has 0 N–H and O–H groups in total. The molecule has 6 heteroatoms. The van der Waals surface area contributed by atoms with E-state index in [2.05, 4.69) is 0 Å². The lowest BCUT2D eigenvalue weighted by Crippen LogP contribution is -2.32. The zero-order valence-electron chi connectivity index (χ0n) is 13.7. The van der Waals surface area contributed by atoms with E-state index in [4.69, 9.17) is 0 Å². The maximum atomic E-state index is 12.1. The fourth-order valence-corrected chi connectivity index (χ4v) is 4.81. The fourth-order valence-electron chi connectivity index (χ4n) is 2.18. The van der Waals surface area contributed by atoms with Crippen molar-refractivity contribution in [3.63, 3.8) is 0 Å². The second-order valence-corrected chi connectivity index (χ2v) is 7.66. The summed E-state index contributed by atoms with van der Waals surface area (Å²) in [5.74, 6) is 0. The van der Waals surface area contributed by atoms with Crippen molar-refractivity contribution >= 4 is 21.6 Å². The summed E-state index contributed by atoms with van der Waals surface area (Å²) in [6.07, 6.45) is 3.17. The zero-order valence-corrected chi connectivity index (χ0v) is 15.3. The molecule has 0 aliphatic heterocycles. The number of nitrogens with zero attached hydrogens (tertiary/aromatic N) is 2. The summed E-state index contributed by atoms with van der Waals surface area (Å²) in [7, 11) is 2.68. The second-order valence-electron chi connectivity index (χ2n) is 5.55. The van der Waals surface area contributed by atoms with Gasteiger partial charge >= 0.3 is 0 Å². The molecule has 0 amide bonds. The minimum absolute atomic E-state index is 0.630. The molecule has 22 heavy (non-hydrogen) atoms. The van der Waals surface area contributed by atoms with Crippen LogP contribution >= 0.6 is 21.6 Å². The van der Waals surface area contributed by atoms with Crippen molar-refractivity contribution in [2.75, 3.05) is 0 Å². The Labute approximate surface area is 139 Å². The summed E-state index contributed by atoms with van der Waals surface area (Å²) in [6.45, 7) is 11.8. The Bertz CT molecular complexity index is 682. The Hall–Kier alpha value is -1.40. The molecule has 0 aliphatic carbocycles. The van der Waals surface area contributed by atoms with Crippen molar-refractivity contribution in [1.82, 2.24) is 0 Å². The minimum Gasteiger partial charge on any atom is -0.618 e. The third kappa shape index (κ3) is 3.03. The summed E-state index contributed by atoms with van der Waals surface area (Å²) >= 11 is 0. The van der Waals surface area contributed by atoms with Gasteiger partial charge in [-0.25, -0.2) is 0 Å². The van der Waals surface area contributed by atoms with Gasteiger partial charge in [0.15, 0.2) is 12.4 Å². The van der Waals surface area contributed by atoms with Crippen molar-refractivity contribution in [1.29, 1.82) is 0 Å². The molecule has 0 spiro atoms. The minimum atomic E-state index is 0.630. The quantitative estimate of drug-likeness (QED) is 0.488. The van der Waals surface area contributed by atoms with Crippen molar-refractivity contribution < 1.29 is 9.46 Å². The number of aromatic nitrogens is 2. The summed E-state index contributed by atoms with van der Waals surface area (Å²) in [5, 5.41) is 25.5. The van der Waals surface area contributed by atoms with Gasteiger partial charge in [-0.3, -0.25) is 0 Å². The van der Waals surface area contributed by atoms with E-state index in [9.17, 15) is 10.4 Å².